The average Bonchev–Trinajstić information content (AvgIpc) is 2.19. The molecule has 0 aliphatic carbocycles. The molecule has 3 N–H and O–H groups in total. The molecular weight excluding hydrogens is 224 g/mol. The molecule has 0 rings (SSSR count). The minimum absolute atomic E-state index is 0.349. The Hall–Kier alpha value is -1.43. The molecule has 0 aromatic carbocycles. The van der Waals surface area contributed by atoms with Crippen LogP contribution in [0.2, 0.25) is 0 Å². The van der Waals surface area contributed by atoms with Crippen LogP contribution in [-0.2, 0) is 14.2 Å². The van der Waals surface area contributed by atoms with E-state index in [0.717, 1.165) is 0 Å². The molecule has 6 nitrogen and oxygen atoms in total. The highest BCUT2D eigenvalue weighted by atomic mass is 16.6. The van der Waals surface area contributed by atoms with Crippen LogP contribution in [0, 0.1) is 0 Å². The average molecular weight is 246 g/mol. The van der Waals surface area contributed by atoms with Crippen molar-refractivity contribution in [3.05, 3.63) is 12.5 Å². The van der Waals surface area contributed by atoms with E-state index in [-0.39, 0.29) is 0 Å². The molecule has 0 spiro atoms. The number of amides is 1. The molecule has 6 heteroatoms. The first-order valence-electron chi connectivity index (χ1n) is 5.51. The van der Waals surface area contributed by atoms with E-state index in [9.17, 15) is 4.79 Å². The lowest BCUT2D eigenvalue weighted by atomic mass is 10.2. The number of hydrogen-bond acceptors (Lipinski definition) is 5. The second-order valence-corrected chi connectivity index (χ2v) is 4.23. The maximum atomic E-state index is 11.2. The number of ether oxygens (including phenoxy) is 3. The highest BCUT2D eigenvalue weighted by Crippen LogP contribution is 2.05. The van der Waals surface area contributed by atoms with E-state index in [1.165, 1.54) is 12.5 Å². The summed E-state index contributed by atoms with van der Waals surface area (Å²) in [5.41, 5.74) is 4.73. The standard InChI is InChI=1S/C11H22N2O4/c1-11(2,3)17-10(14)13-5-7-16-9-8-15-6-4-12/h8-9H,4-7,12H2,1-3H3,(H,13,14). The van der Waals surface area contributed by atoms with E-state index < -0.39 is 11.7 Å². The molecule has 17 heavy (non-hydrogen) atoms. The molecule has 0 aliphatic heterocycles. The van der Waals surface area contributed by atoms with E-state index in [1.807, 2.05) is 0 Å². The van der Waals surface area contributed by atoms with E-state index in [1.54, 1.807) is 20.8 Å². The fourth-order valence-electron chi connectivity index (χ4n) is 0.809. The first kappa shape index (κ1) is 15.6. The number of nitrogens with one attached hydrogen (secondary N) is 1. The summed E-state index contributed by atoms with van der Waals surface area (Å²) in [5.74, 6) is 0. The summed E-state index contributed by atoms with van der Waals surface area (Å²) in [4.78, 5) is 11.2. The maximum absolute atomic E-state index is 11.2. The zero-order valence-electron chi connectivity index (χ0n) is 10.7. The van der Waals surface area contributed by atoms with Gasteiger partial charge in [-0.2, -0.15) is 0 Å². The summed E-state index contributed by atoms with van der Waals surface area (Å²) >= 11 is 0. The highest BCUT2D eigenvalue weighted by Gasteiger charge is 2.15. The first-order chi connectivity index (χ1) is 7.95. The zero-order chi connectivity index (χ0) is 13.1. The smallest absolute Gasteiger partial charge is 0.407 e. The Morgan fingerprint density at radius 1 is 1.24 bits per heavy atom. The fraction of sp³-hybridized carbons (Fsp3) is 0.727. The highest BCUT2D eigenvalue weighted by molar-refractivity contribution is 5.67. The lowest BCUT2D eigenvalue weighted by Gasteiger charge is -2.19. The molecule has 0 radical (unpaired) electrons. The molecule has 0 aliphatic rings. The van der Waals surface area contributed by atoms with Gasteiger partial charge in [-0.05, 0) is 20.8 Å². The molecule has 0 atom stereocenters. The summed E-state index contributed by atoms with van der Waals surface area (Å²) in [6, 6.07) is 0. The number of carbonyl (C=O) groups excluding carboxylic acids is 1. The van der Waals surface area contributed by atoms with E-state index >= 15 is 0 Å². The van der Waals surface area contributed by atoms with E-state index in [2.05, 4.69) is 5.32 Å². The summed E-state index contributed by atoms with van der Waals surface area (Å²) in [7, 11) is 0. The summed E-state index contributed by atoms with van der Waals surface area (Å²) < 4.78 is 15.0. The summed E-state index contributed by atoms with van der Waals surface area (Å²) in [5, 5.41) is 2.56. The van der Waals surface area contributed by atoms with Gasteiger partial charge in [-0.1, -0.05) is 0 Å². The van der Waals surface area contributed by atoms with Crippen LogP contribution in [0.15, 0.2) is 12.5 Å². The number of nitrogens with two attached hydrogens (primary N) is 1. The van der Waals surface area contributed by atoms with Crippen molar-refractivity contribution in [1.82, 2.24) is 5.32 Å². The Labute approximate surface area is 102 Å². The Morgan fingerprint density at radius 2 is 1.82 bits per heavy atom. The van der Waals surface area contributed by atoms with Gasteiger partial charge in [0, 0.05) is 6.54 Å². The molecule has 1 amide bonds. The van der Waals surface area contributed by atoms with Gasteiger partial charge in [-0.25, -0.2) is 4.79 Å². The number of alkyl carbamates (subject to hydrolysis) is 1. The Morgan fingerprint density at radius 3 is 2.35 bits per heavy atom. The van der Waals surface area contributed by atoms with Crippen LogP contribution < -0.4 is 11.1 Å². The van der Waals surface area contributed by atoms with Crippen molar-refractivity contribution in [3.63, 3.8) is 0 Å². The monoisotopic (exact) mass is 246 g/mol. The first-order valence-corrected chi connectivity index (χ1v) is 5.51. The van der Waals surface area contributed by atoms with Crippen molar-refractivity contribution in [1.29, 1.82) is 0 Å². The second kappa shape index (κ2) is 8.69. The van der Waals surface area contributed by atoms with Crippen LogP contribution in [0.5, 0.6) is 0 Å². The van der Waals surface area contributed by atoms with Crippen molar-refractivity contribution in [3.8, 4) is 0 Å². The van der Waals surface area contributed by atoms with Crippen LogP contribution in [0.25, 0.3) is 0 Å². The molecule has 0 aromatic rings. The molecule has 0 unspecified atom stereocenters. The Kier molecular flexibility index (Phi) is 7.96. The lowest BCUT2D eigenvalue weighted by Crippen LogP contribution is -2.34. The molecule has 0 saturated heterocycles. The van der Waals surface area contributed by atoms with Crippen molar-refractivity contribution in [2.24, 2.45) is 5.73 Å². The van der Waals surface area contributed by atoms with Gasteiger partial charge in [0.15, 0.2) is 0 Å². The lowest BCUT2D eigenvalue weighted by molar-refractivity contribution is 0.0515. The SMILES string of the molecule is CC(C)(C)OC(=O)NCCOC=COCCN. The topological polar surface area (TPSA) is 82.8 Å². The van der Waals surface area contributed by atoms with Crippen molar-refractivity contribution >= 4 is 6.09 Å². The summed E-state index contributed by atoms with van der Waals surface area (Å²) in [6.45, 7) is 7.06. The molecule has 0 saturated carbocycles. The van der Waals surface area contributed by atoms with Gasteiger partial charge in [0.25, 0.3) is 0 Å². The summed E-state index contributed by atoms with van der Waals surface area (Å²) in [6.07, 6.45) is 2.37. The largest absolute Gasteiger partial charge is 0.497 e. The number of rotatable bonds is 7. The quantitative estimate of drug-likeness (QED) is 0.516. The maximum Gasteiger partial charge on any atom is 0.407 e. The minimum atomic E-state index is -0.485. The molecule has 100 valence electrons. The van der Waals surface area contributed by atoms with Crippen LogP contribution in [0.3, 0.4) is 0 Å². The van der Waals surface area contributed by atoms with Crippen molar-refractivity contribution < 1.29 is 19.0 Å². The van der Waals surface area contributed by atoms with Gasteiger partial charge in [-0.3, -0.25) is 0 Å². The van der Waals surface area contributed by atoms with Gasteiger partial charge in [0.2, 0.25) is 0 Å². The number of carbonyl (C=O) groups is 1. The Balaban J connectivity index is 3.39. The predicted octanol–water partition coefficient (Wildman–Crippen LogP) is 0.974. The van der Waals surface area contributed by atoms with Gasteiger partial charge in [0.1, 0.15) is 24.7 Å². The molecule has 0 heterocycles. The predicted molar refractivity (Wildman–Crippen MR) is 64.3 cm³/mol. The Bertz CT molecular complexity index is 236. The van der Waals surface area contributed by atoms with Gasteiger partial charge in [-0.15, -0.1) is 0 Å². The second-order valence-electron chi connectivity index (χ2n) is 4.23. The van der Waals surface area contributed by atoms with Gasteiger partial charge < -0.3 is 25.3 Å². The molecule has 0 bridgehead atoms. The van der Waals surface area contributed by atoms with Gasteiger partial charge in [0.05, 0.1) is 13.2 Å². The van der Waals surface area contributed by atoms with Crippen LogP contribution in [-0.4, -0.2) is 38.0 Å². The van der Waals surface area contributed by atoms with Gasteiger partial charge >= 0.3 is 6.09 Å². The molecular formula is C11H22N2O4. The molecule has 0 fully saturated rings. The third-order valence-corrected chi connectivity index (χ3v) is 1.37. The third-order valence-electron chi connectivity index (χ3n) is 1.37. The fourth-order valence-corrected chi connectivity index (χ4v) is 0.809. The number of hydrogen-bond donors (Lipinski definition) is 2. The van der Waals surface area contributed by atoms with Crippen LogP contribution in [0.1, 0.15) is 20.8 Å². The third kappa shape index (κ3) is 12.5. The van der Waals surface area contributed by atoms with Crippen molar-refractivity contribution in [2.45, 2.75) is 26.4 Å². The van der Waals surface area contributed by atoms with Crippen LogP contribution in [0.4, 0.5) is 4.79 Å². The normalized spacial score (nSPS) is 11.3. The van der Waals surface area contributed by atoms with E-state index in [0.29, 0.717) is 26.3 Å². The zero-order valence-corrected chi connectivity index (χ0v) is 10.7. The molecule has 0 aromatic heterocycles. The van der Waals surface area contributed by atoms with Crippen LogP contribution >= 0.6 is 0 Å². The van der Waals surface area contributed by atoms with Crippen molar-refractivity contribution in [2.75, 3.05) is 26.3 Å². The minimum Gasteiger partial charge on any atom is -0.497 e. The van der Waals surface area contributed by atoms with E-state index in [4.69, 9.17) is 19.9 Å².